The molecule has 290 valence electrons. The summed E-state index contributed by atoms with van der Waals surface area (Å²) in [5, 5.41) is 6.37. The van der Waals surface area contributed by atoms with Crippen LogP contribution in [0.15, 0.2) is 35.1 Å². The van der Waals surface area contributed by atoms with Crippen molar-refractivity contribution < 1.29 is 49.4 Å². The van der Waals surface area contributed by atoms with Crippen molar-refractivity contribution in [3.05, 3.63) is 85.6 Å². The van der Waals surface area contributed by atoms with E-state index in [4.69, 9.17) is 4.74 Å². The fourth-order valence-electron chi connectivity index (χ4n) is 6.66. The van der Waals surface area contributed by atoms with Crippen LogP contribution >= 0.6 is 0 Å². The van der Waals surface area contributed by atoms with Gasteiger partial charge in [-0.1, -0.05) is 31.5 Å². The van der Waals surface area contributed by atoms with Crippen molar-refractivity contribution in [1.82, 2.24) is 20.0 Å². The van der Waals surface area contributed by atoms with Gasteiger partial charge in [-0.05, 0) is 74.4 Å². The third kappa shape index (κ3) is 10.0. The van der Waals surface area contributed by atoms with Crippen LogP contribution in [0.4, 0.5) is 35.1 Å². The molecular weight excluding hydrogens is 716 g/mol. The van der Waals surface area contributed by atoms with Gasteiger partial charge in [0.15, 0.2) is 0 Å². The Bertz CT molecular complexity index is 1860. The number of esters is 1. The molecule has 0 saturated carbocycles. The van der Waals surface area contributed by atoms with Crippen molar-refractivity contribution in [3.63, 3.8) is 0 Å². The Morgan fingerprint density at radius 1 is 0.962 bits per heavy atom. The van der Waals surface area contributed by atoms with E-state index in [1.54, 1.807) is 51.7 Å². The first-order chi connectivity index (χ1) is 24.6. The van der Waals surface area contributed by atoms with Gasteiger partial charge in [0.05, 0.1) is 35.9 Å². The van der Waals surface area contributed by atoms with Gasteiger partial charge in [-0.15, -0.1) is 0 Å². The zero-order valence-corrected chi connectivity index (χ0v) is 30.1. The van der Waals surface area contributed by atoms with E-state index in [2.05, 4.69) is 10.4 Å². The van der Waals surface area contributed by atoms with Crippen LogP contribution in [0.25, 0.3) is 11.1 Å². The molecule has 4 rings (SSSR count). The van der Waals surface area contributed by atoms with Crippen molar-refractivity contribution in [3.8, 4) is 11.1 Å². The predicted molar refractivity (Wildman–Crippen MR) is 180 cm³/mol. The summed E-state index contributed by atoms with van der Waals surface area (Å²) < 4.78 is 120. The summed E-state index contributed by atoms with van der Waals surface area (Å²) in [5.74, 6) is -4.25. The molecule has 1 aliphatic rings. The van der Waals surface area contributed by atoms with E-state index in [-0.39, 0.29) is 50.6 Å². The monoisotopic (exact) mass is 758 g/mol. The number of hydrogen-bond donors (Lipinski definition) is 1. The Hall–Kier alpha value is -4.34. The van der Waals surface area contributed by atoms with Gasteiger partial charge in [-0.3, -0.25) is 19.3 Å². The number of rotatable bonds is 13. The van der Waals surface area contributed by atoms with E-state index >= 15 is 4.39 Å². The van der Waals surface area contributed by atoms with E-state index in [0.29, 0.717) is 33.5 Å². The van der Waals surface area contributed by atoms with E-state index in [0.717, 1.165) is 11.6 Å². The molecule has 2 atom stereocenters. The number of carbonyl (C=O) groups is 2. The van der Waals surface area contributed by atoms with Crippen LogP contribution in [0, 0.1) is 32.5 Å². The van der Waals surface area contributed by atoms with Crippen LogP contribution in [0.3, 0.4) is 0 Å². The summed E-state index contributed by atoms with van der Waals surface area (Å²) in [6.07, 6.45) is -12.7. The number of aryl methyl sites for hydroxylation is 3. The number of nitrogens with zero attached hydrogens (tertiary/aromatic N) is 3. The molecular formula is C37H42F8N4O4. The molecule has 0 spiro atoms. The van der Waals surface area contributed by atoms with Gasteiger partial charge in [-0.2, -0.15) is 31.4 Å². The summed E-state index contributed by atoms with van der Waals surface area (Å²) in [4.78, 5) is 41.7. The molecule has 1 aromatic heterocycles. The number of likely N-dealkylation sites (tertiary alicyclic amines) is 1. The largest absolute Gasteiger partial charge is 0.466 e. The topological polar surface area (TPSA) is 93.5 Å². The lowest BCUT2D eigenvalue weighted by Gasteiger charge is -2.34. The predicted octanol–water partition coefficient (Wildman–Crippen LogP) is 7.61. The third-order valence-corrected chi connectivity index (χ3v) is 8.95. The zero-order valence-electron chi connectivity index (χ0n) is 30.1. The standard InChI is InChI=1S/C37H42F8N4O4/c1-7-53-32(51)16-29(25-13-23(14-27(34(25)39)37(43,44)45)33-21(5)11-20(4)12-22(33)6)46-35(52)30(10-19(2)3)49-31(50)15-26(36(40,41)42)28(47-49)8-9-48-17-24(38)18-48/h11-15,19,24,29-30H,7-10,16-18H2,1-6H3,(H,46,52)/t29-,30-/m0/s1. The minimum atomic E-state index is -5.20. The Morgan fingerprint density at radius 2 is 1.57 bits per heavy atom. The van der Waals surface area contributed by atoms with E-state index in [1.807, 2.05) is 0 Å². The van der Waals surface area contributed by atoms with E-state index in [1.165, 1.54) is 6.92 Å². The first-order valence-corrected chi connectivity index (χ1v) is 17.1. The lowest BCUT2D eigenvalue weighted by molar-refractivity contribution is -0.144. The van der Waals surface area contributed by atoms with Crippen LogP contribution in [-0.4, -0.2) is 59.0 Å². The van der Waals surface area contributed by atoms with Crippen molar-refractivity contribution in [1.29, 1.82) is 0 Å². The quantitative estimate of drug-likeness (QED) is 0.143. The molecule has 2 heterocycles. The molecule has 1 fully saturated rings. The molecule has 53 heavy (non-hydrogen) atoms. The number of carbonyl (C=O) groups excluding carboxylic acids is 2. The highest BCUT2D eigenvalue weighted by Crippen LogP contribution is 2.40. The summed E-state index contributed by atoms with van der Waals surface area (Å²) in [6, 6.07) is 2.10. The van der Waals surface area contributed by atoms with Crippen LogP contribution in [0.2, 0.25) is 0 Å². The number of halogens is 8. The molecule has 8 nitrogen and oxygen atoms in total. The molecule has 2 aromatic carbocycles. The maximum absolute atomic E-state index is 16.1. The molecule has 0 aliphatic carbocycles. The molecule has 1 N–H and O–H groups in total. The van der Waals surface area contributed by atoms with Gasteiger partial charge < -0.3 is 10.1 Å². The summed E-state index contributed by atoms with van der Waals surface area (Å²) in [5.41, 5.74) is -3.25. The fraction of sp³-hybridized carbons (Fsp3) is 0.514. The SMILES string of the molecule is CCOC(=O)C[C@H](NC(=O)[C@H](CC(C)C)n1nc(CCN2CC(F)C2)c(C(F)(F)F)cc1=O)c1cc(-c2c(C)cc(C)cc2C)cc(C(F)(F)F)c1F. The number of aromatic nitrogens is 2. The second kappa shape index (κ2) is 16.4. The molecule has 0 bridgehead atoms. The van der Waals surface area contributed by atoms with Crippen LogP contribution < -0.4 is 10.9 Å². The Kier molecular flexibility index (Phi) is 12.8. The smallest absolute Gasteiger partial charge is 0.419 e. The number of nitrogens with one attached hydrogen (secondary N) is 1. The summed E-state index contributed by atoms with van der Waals surface area (Å²) >= 11 is 0. The average Bonchev–Trinajstić information content (AvgIpc) is 3.00. The van der Waals surface area contributed by atoms with Crippen LogP contribution in [-0.2, 0) is 33.1 Å². The van der Waals surface area contributed by atoms with E-state index < -0.39 is 82.7 Å². The minimum absolute atomic E-state index is 0.0120. The summed E-state index contributed by atoms with van der Waals surface area (Å²) in [6.45, 7) is 9.76. The highest BCUT2D eigenvalue weighted by Gasteiger charge is 2.40. The molecule has 1 amide bonds. The number of ether oxygens (including phenoxy) is 1. The molecule has 0 radical (unpaired) electrons. The number of hydrogen-bond acceptors (Lipinski definition) is 6. The normalized spacial score (nSPS) is 15.3. The number of alkyl halides is 7. The molecule has 1 aliphatic heterocycles. The van der Waals surface area contributed by atoms with Gasteiger partial charge in [0.25, 0.3) is 5.56 Å². The highest BCUT2D eigenvalue weighted by atomic mass is 19.4. The van der Waals surface area contributed by atoms with Gasteiger partial charge in [0.1, 0.15) is 18.0 Å². The Labute approximate surface area is 301 Å². The maximum atomic E-state index is 16.1. The lowest BCUT2D eigenvalue weighted by Crippen LogP contribution is -2.49. The lowest BCUT2D eigenvalue weighted by atomic mass is 9.89. The minimum Gasteiger partial charge on any atom is -0.466 e. The molecule has 16 heteroatoms. The first-order valence-electron chi connectivity index (χ1n) is 17.1. The average molecular weight is 759 g/mol. The second-order valence-corrected chi connectivity index (χ2v) is 13.8. The molecule has 1 saturated heterocycles. The summed E-state index contributed by atoms with van der Waals surface area (Å²) in [7, 11) is 0. The van der Waals surface area contributed by atoms with Crippen molar-refractivity contribution >= 4 is 11.9 Å². The number of benzene rings is 2. The van der Waals surface area contributed by atoms with Gasteiger partial charge >= 0.3 is 18.3 Å². The van der Waals surface area contributed by atoms with Gasteiger partial charge in [0.2, 0.25) is 5.91 Å². The van der Waals surface area contributed by atoms with Gasteiger partial charge in [0, 0.05) is 37.7 Å². The maximum Gasteiger partial charge on any atom is 0.419 e. The van der Waals surface area contributed by atoms with Gasteiger partial charge in [-0.25, -0.2) is 13.5 Å². The fourth-order valence-corrected chi connectivity index (χ4v) is 6.66. The molecule has 3 aromatic rings. The molecule has 0 unspecified atom stereocenters. The Balaban J connectivity index is 1.86. The highest BCUT2D eigenvalue weighted by molar-refractivity contribution is 5.82. The van der Waals surface area contributed by atoms with Crippen molar-refractivity contribution in [2.45, 2.75) is 91.4 Å². The first kappa shape index (κ1) is 41.4. The number of amides is 1. The van der Waals surface area contributed by atoms with Crippen LogP contribution in [0.5, 0.6) is 0 Å². The van der Waals surface area contributed by atoms with Crippen molar-refractivity contribution in [2.75, 3.05) is 26.2 Å². The zero-order chi connectivity index (χ0) is 39.6. The van der Waals surface area contributed by atoms with Crippen molar-refractivity contribution in [2.24, 2.45) is 5.92 Å². The Morgan fingerprint density at radius 3 is 2.09 bits per heavy atom. The van der Waals surface area contributed by atoms with Crippen LogP contribution in [0.1, 0.15) is 84.8 Å². The van der Waals surface area contributed by atoms with E-state index in [9.17, 15) is 45.1 Å². The third-order valence-electron chi connectivity index (χ3n) is 8.95. The second-order valence-electron chi connectivity index (χ2n) is 13.8.